The summed E-state index contributed by atoms with van der Waals surface area (Å²) in [5, 5.41) is 16.2. The van der Waals surface area contributed by atoms with Gasteiger partial charge in [0.25, 0.3) is 0 Å². The van der Waals surface area contributed by atoms with Crippen molar-refractivity contribution >= 4 is 29.3 Å². The Kier molecular flexibility index (Phi) is 6.09. The van der Waals surface area contributed by atoms with E-state index in [0.29, 0.717) is 23.0 Å². The lowest BCUT2D eigenvalue weighted by atomic mass is 10.2. The number of carbonyl (C=O) groups is 2. The Hall–Kier alpha value is -3.14. The predicted octanol–water partition coefficient (Wildman–Crippen LogP) is 2.01. The topological polar surface area (TPSA) is 121 Å². The molecule has 0 saturated carbocycles. The lowest BCUT2D eigenvalue weighted by Gasteiger charge is -2.07. The second kappa shape index (κ2) is 8.70. The van der Waals surface area contributed by atoms with Crippen molar-refractivity contribution in [2.45, 2.75) is 32.1 Å². The molecule has 0 radical (unpaired) electrons. The number of primary amides is 1. The van der Waals surface area contributed by atoms with Crippen molar-refractivity contribution < 1.29 is 9.59 Å². The van der Waals surface area contributed by atoms with Crippen molar-refractivity contribution in [2.75, 3.05) is 11.1 Å². The molecule has 0 aliphatic carbocycles. The highest BCUT2D eigenvalue weighted by Gasteiger charge is 2.16. The number of hydrogen-bond acceptors (Lipinski definition) is 6. The largest absolute Gasteiger partial charge is 0.366 e. The zero-order chi connectivity index (χ0) is 20.1. The lowest BCUT2D eigenvalue weighted by Crippen LogP contribution is -2.15. The summed E-state index contributed by atoms with van der Waals surface area (Å²) in [6.45, 7) is 5.48. The molecule has 146 valence electrons. The number of hydrogen-bond donors (Lipinski definition) is 2. The molecule has 2 amide bonds. The fourth-order valence-electron chi connectivity index (χ4n) is 2.59. The van der Waals surface area contributed by atoms with Crippen LogP contribution in [0.4, 0.5) is 5.69 Å². The van der Waals surface area contributed by atoms with Crippen LogP contribution in [0.2, 0.25) is 0 Å². The van der Waals surface area contributed by atoms with Gasteiger partial charge in [-0.15, -0.1) is 10.2 Å². The van der Waals surface area contributed by atoms with E-state index in [9.17, 15) is 9.59 Å². The Balaban J connectivity index is 1.63. The third kappa shape index (κ3) is 4.39. The number of aromatic nitrogens is 5. The van der Waals surface area contributed by atoms with Crippen LogP contribution in [0.3, 0.4) is 0 Å². The molecule has 0 aliphatic heterocycles. The molecule has 3 aromatic rings. The number of anilines is 1. The van der Waals surface area contributed by atoms with Gasteiger partial charge >= 0.3 is 0 Å². The number of nitrogens with two attached hydrogens (primary N) is 1. The number of carbonyl (C=O) groups excluding carboxylic acids is 2. The number of amides is 2. The SMILES string of the molecule is CCn1cc(-c2nnc(SCC(=O)Nc3ccc(C(N)=O)cc3)n2CC)cn1. The zero-order valence-electron chi connectivity index (χ0n) is 15.6. The maximum atomic E-state index is 12.2. The van der Waals surface area contributed by atoms with Gasteiger partial charge in [-0.2, -0.15) is 5.10 Å². The Morgan fingerprint density at radius 3 is 2.50 bits per heavy atom. The smallest absolute Gasteiger partial charge is 0.248 e. The molecule has 0 spiro atoms. The molecule has 1 aromatic carbocycles. The van der Waals surface area contributed by atoms with E-state index >= 15 is 0 Å². The summed E-state index contributed by atoms with van der Waals surface area (Å²) in [6, 6.07) is 6.42. The van der Waals surface area contributed by atoms with E-state index in [2.05, 4.69) is 20.6 Å². The predicted molar refractivity (Wildman–Crippen MR) is 107 cm³/mol. The van der Waals surface area contributed by atoms with E-state index in [1.807, 2.05) is 29.3 Å². The zero-order valence-corrected chi connectivity index (χ0v) is 16.4. The van der Waals surface area contributed by atoms with Crippen molar-refractivity contribution in [1.29, 1.82) is 0 Å². The number of aryl methyl sites for hydroxylation is 1. The molecule has 9 nitrogen and oxygen atoms in total. The quantitative estimate of drug-likeness (QED) is 0.559. The molecule has 3 N–H and O–H groups in total. The minimum absolute atomic E-state index is 0.178. The summed E-state index contributed by atoms with van der Waals surface area (Å²) in [4.78, 5) is 23.3. The van der Waals surface area contributed by atoms with Gasteiger partial charge in [-0.1, -0.05) is 11.8 Å². The van der Waals surface area contributed by atoms with Crippen molar-refractivity contribution in [3.05, 3.63) is 42.2 Å². The van der Waals surface area contributed by atoms with Crippen LogP contribution in [0.1, 0.15) is 24.2 Å². The van der Waals surface area contributed by atoms with Gasteiger partial charge in [0.2, 0.25) is 11.8 Å². The highest BCUT2D eigenvalue weighted by molar-refractivity contribution is 7.99. The van der Waals surface area contributed by atoms with Crippen molar-refractivity contribution in [3.63, 3.8) is 0 Å². The number of nitrogens with zero attached hydrogens (tertiary/aromatic N) is 5. The molecule has 3 rings (SSSR count). The second-order valence-electron chi connectivity index (χ2n) is 5.91. The molecule has 0 unspecified atom stereocenters. The van der Waals surface area contributed by atoms with Gasteiger partial charge < -0.3 is 15.6 Å². The van der Waals surface area contributed by atoms with Gasteiger partial charge in [-0.3, -0.25) is 14.3 Å². The summed E-state index contributed by atoms with van der Waals surface area (Å²) in [5.74, 6) is 0.229. The van der Waals surface area contributed by atoms with E-state index in [0.717, 1.165) is 17.9 Å². The fourth-order valence-corrected chi connectivity index (χ4v) is 3.39. The van der Waals surface area contributed by atoms with E-state index < -0.39 is 5.91 Å². The molecular formula is C18H21N7O2S. The molecule has 28 heavy (non-hydrogen) atoms. The third-order valence-electron chi connectivity index (χ3n) is 4.03. The van der Waals surface area contributed by atoms with Crippen LogP contribution < -0.4 is 11.1 Å². The van der Waals surface area contributed by atoms with Crippen LogP contribution >= 0.6 is 11.8 Å². The van der Waals surface area contributed by atoms with Crippen molar-refractivity contribution in [3.8, 4) is 11.4 Å². The minimum Gasteiger partial charge on any atom is -0.366 e. The standard InChI is InChI=1S/C18H21N7O2S/c1-3-24-10-13(9-20-24)17-22-23-18(25(17)4-2)28-11-15(26)21-14-7-5-12(6-8-14)16(19)27/h5-10H,3-4,11H2,1-2H3,(H2,19,27)(H,21,26). The molecule has 2 aromatic heterocycles. The summed E-state index contributed by atoms with van der Waals surface area (Å²) in [5.41, 5.74) is 7.09. The molecule has 0 aliphatic rings. The Bertz CT molecular complexity index is 978. The number of benzene rings is 1. The van der Waals surface area contributed by atoms with Crippen LogP contribution in [-0.2, 0) is 17.9 Å². The van der Waals surface area contributed by atoms with Crippen molar-refractivity contribution in [2.24, 2.45) is 5.73 Å². The highest BCUT2D eigenvalue weighted by atomic mass is 32.2. The minimum atomic E-state index is -0.507. The maximum absolute atomic E-state index is 12.2. The maximum Gasteiger partial charge on any atom is 0.248 e. The van der Waals surface area contributed by atoms with E-state index in [1.165, 1.54) is 11.8 Å². The van der Waals surface area contributed by atoms with Crippen molar-refractivity contribution in [1.82, 2.24) is 24.5 Å². The summed E-state index contributed by atoms with van der Waals surface area (Å²) < 4.78 is 3.78. The average Bonchev–Trinajstić information content (AvgIpc) is 3.32. The number of nitrogens with one attached hydrogen (secondary N) is 1. The average molecular weight is 399 g/mol. The van der Waals surface area contributed by atoms with Gasteiger partial charge in [0.1, 0.15) is 0 Å². The van der Waals surface area contributed by atoms with Gasteiger partial charge in [-0.25, -0.2) is 0 Å². The molecular weight excluding hydrogens is 378 g/mol. The molecule has 0 bridgehead atoms. The van der Waals surface area contributed by atoms with Gasteiger partial charge in [0.05, 0.1) is 17.5 Å². The molecule has 10 heteroatoms. The monoisotopic (exact) mass is 399 g/mol. The fraction of sp³-hybridized carbons (Fsp3) is 0.278. The van der Waals surface area contributed by atoms with Crippen LogP contribution in [0.15, 0.2) is 41.8 Å². The van der Waals surface area contributed by atoms with Crippen LogP contribution in [-0.4, -0.2) is 42.1 Å². The Morgan fingerprint density at radius 1 is 1.14 bits per heavy atom. The Labute approximate surface area is 166 Å². The van der Waals surface area contributed by atoms with E-state index in [4.69, 9.17) is 5.73 Å². The first-order valence-corrected chi connectivity index (χ1v) is 9.79. The molecule has 0 fully saturated rings. The normalized spacial score (nSPS) is 10.8. The summed E-state index contributed by atoms with van der Waals surface area (Å²) in [7, 11) is 0. The molecule has 2 heterocycles. The first kappa shape index (κ1) is 19.6. The van der Waals surface area contributed by atoms with E-state index in [1.54, 1.807) is 30.5 Å². The second-order valence-corrected chi connectivity index (χ2v) is 6.86. The number of thioether (sulfide) groups is 1. The van der Waals surface area contributed by atoms with Gasteiger partial charge in [-0.05, 0) is 38.1 Å². The first-order chi connectivity index (χ1) is 13.5. The van der Waals surface area contributed by atoms with Crippen LogP contribution in [0, 0.1) is 0 Å². The third-order valence-corrected chi connectivity index (χ3v) is 5.00. The van der Waals surface area contributed by atoms with Gasteiger partial charge in [0.15, 0.2) is 11.0 Å². The summed E-state index contributed by atoms with van der Waals surface area (Å²) in [6.07, 6.45) is 3.68. The first-order valence-electron chi connectivity index (χ1n) is 8.80. The van der Waals surface area contributed by atoms with Crippen LogP contribution in [0.5, 0.6) is 0 Å². The molecule has 0 saturated heterocycles. The highest BCUT2D eigenvalue weighted by Crippen LogP contribution is 2.24. The Morgan fingerprint density at radius 2 is 1.89 bits per heavy atom. The lowest BCUT2D eigenvalue weighted by molar-refractivity contribution is -0.113. The van der Waals surface area contributed by atoms with Gasteiger partial charge in [0, 0.05) is 30.5 Å². The summed E-state index contributed by atoms with van der Waals surface area (Å²) >= 11 is 1.31. The molecule has 0 atom stereocenters. The number of rotatable bonds is 8. The van der Waals surface area contributed by atoms with E-state index in [-0.39, 0.29) is 11.7 Å². The van der Waals surface area contributed by atoms with Crippen LogP contribution in [0.25, 0.3) is 11.4 Å².